The summed E-state index contributed by atoms with van der Waals surface area (Å²) in [6.45, 7) is 8.62. The zero-order valence-electron chi connectivity index (χ0n) is 20.2. The molecule has 0 aliphatic carbocycles. The molecule has 10 heteroatoms. The van der Waals surface area contributed by atoms with Crippen LogP contribution in [0.4, 0.5) is 15.3 Å². The van der Waals surface area contributed by atoms with Gasteiger partial charge in [-0.05, 0) is 37.1 Å². The van der Waals surface area contributed by atoms with Gasteiger partial charge < -0.3 is 19.3 Å². The fourth-order valence-corrected chi connectivity index (χ4v) is 5.41. The van der Waals surface area contributed by atoms with E-state index in [1.807, 2.05) is 30.5 Å². The molecule has 2 saturated heterocycles. The molecular formula is C24H34N4O5Si. The van der Waals surface area contributed by atoms with Crippen molar-refractivity contribution in [3.63, 3.8) is 0 Å². The second kappa shape index (κ2) is 9.79. The Kier molecular flexibility index (Phi) is 6.99. The highest BCUT2D eigenvalue weighted by atomic mass is 28.3. The van der Waals surface area contributed by atoms with E-state index in [0.29, 0.717) is 26.2 Å². The molecule has 2 fully saturated rings. The molecule has 1 atom stereocenters. The number of nitrogens with zero attached hydrogens (tertiary/aromatic N) is 4. The fourth-order valence-electron chi connectivity index (χ4n) is 4.66. The Balaban J connectivity index is 1.53. The lowest BCUT2D eigenvalue weighted by Crippen LogP contribution is -2.53. The SMILES string of the molecule is C[Si](C)(C)CCOCN1C(=O)CCN(c2cccc3c2ccn3[C@H]2CCCN(C(=O)O)C2)C1=O. The fraction of sp³-hybridized carbons (Fsp3) is 0.542. The molecular weight excluding hydrogens is 452 g/mol. The van der Waals surface area contributed by atoms with Gasteiger partial charge in [0, 0.05) is 52.3 Å². The molecule has 1 N–H and O–H groups in total. The molecule has 9 nitrogen and oxygen atoms in total. The number of benzene rings is 1. The van der Waals surface area contributed by atoms with Gasteiger partial charge >= 0.3 is 12.1 Å². The number of urea groups is 1. The van der Waals surface area contributed by atoms with Gasteiger partial charge in [-0.15, -0.1) is 0 Å². The Bertz CT molecular complexity index is 1080. The molecule has 34 heavy (non-hydrogen) atoms. The summed E-state index contributed by atoms with van der Waals surface area (Å²) in [6.07, 6.45) is 3.04. The number of amides is 4. The largest absolute Gasteiger partial charge is 0.465 e. The molecule has 0 saturated carbocycles. The molecule has 2 aliphatic rings. The van der Waals surface area contributed by atoms with E-state index in [9.17, 15) is 19.5 Å². The monoisotopic (exact) mass is 486 g/mol. The molecule has 4 rings (SSSR count). The van der Waals surface area contributed by atoms with Gasteiger partial charge in [0.25, 0.3) is 0 Å². The van der Waals surface area contributed by atoms with Gasteiger partial charge in [0.05, 0.1) is 17.2 Å². The van der Waals surface area contributed by atoms with E-state index in [1.165, 1.54) is 9.80 Å². The lowest BCUT2D eigenvalue weighted by Gasteiger charge is -2.34. The Labute approximate surface area is 200 Å². The maximum absolute atomic E-state index is 13.3. The number of anilines is 1. The topological polar surface area (TPSA) is 95.3 Å². The molecule has 1 aromatic heterocycles. The number of likely N-dealkylation sites (tertiary alicyclic amines) is 1. The van der Waals surface area contributed by atoms with Gasteiger partial charge in [-0.25, -0.2) is 14.5 Å². The zero-order chi connectivity index (χ0) is 24.5. The summed E-state index contributed by atoms with van der Waals surface area (Å²) in [5, 5.41) is 10.3. The van der Waals surface area contributed by atoms with Crippen molar-refractivity contribution in [1.82, 2.24) is 14.4 Å². The van der Waals surface area contributed by atoms with Crippen molar-refractivity contribution in [2.24, 2.45) is 0 Å². The maximum Gasteiger partial charge on any atom is 0.407 e. The summed E-state index contributed by atoms with van der Waals surface area (Å²) in [5.74, 6) is -0.213. The summed E-state index contributed by atoms with van der Waals surface area (Å²) in [7, 11) is -1.26. The number of piperidine rings is 1. The zero-order valence-corrected chi connectivity index (χ0v) is 21.2. The average Bonchev–Trinajstić information content (AvgIpc) is 3.22. The highest BCUT2D eigenvalue weighted by Gasteiger charge is 2.34. The highest BCUT2D eigenvalue weighted by Crippen LogP contribution is 2.33. The Morgan fingerprint density at radius 1 is 1.18 bits per heavy atom. The average molecular weight is 487 g/mol. The van der Waals surface area contributed by atoms with Gasteiger partial charge in [0.2, 0.25) is 5.91 Å². The van der Waals surface area contributed by atoms with E-state index in [-0.39, 0.29) is 31.1 Å². The number of aromatic nitrogens is 1. The number of fused-ring (bicyclic) bond motifs is 1. The third-order valence-corrected chi connectivity index (χ3v) is 8.32. The summed E-state index contributed by atoms with van der Waals surface area (Å²) < 4.78 is 7.83. The number of carboxylic acid groups (broad SMARTS) is 1. The van der Waals surface area contributed by atoms with Gasteiger partial charge in [0.15, 0.2) is 0 Å². The third kappa shape index (κ3) is 5.12. The summed E-state index contributed by atoms with van der Waals surface area (Å²) in [5.41, 5.74) is 1.71. The van der Waals surface area contributed by atoms with Crippen LogP contribution in [0.25, 0.3) is 10.9 Å². The van der Waals surface area contributed by atoms with Crippen LogP contribution in [0, 0.1) is 0 Å². The first-order valence-corrected chi connectivity index (χ1v) is 15.6. The Morgan fingerprint density at radius 3 is 2.71 bits per heavy atom. The van der Waals surface area contributed by atoms with Crippen LogP contribution in [-0.2, 0) is 9.53 Å². The molecule has 1 aromatic carbocycles. The molecule has 0 spiro atoms. The third-order valence-electron chi connectivity index (χ3n) is 6.62. The number of hydrogen-bond donors (Lipinski definition) is 1. The van der Waals surface area contributed by atoms with Crippen LogP contribution >= 0.6 is 0 Å². The van der Waals surface area contributed by atoms with Crippen LogP contribution in [0.2, 0.25) is 25.7 Å². The maximum atomic E-state index is 13.3. The summed E-state index contributed by atoms with van der Waals surface area (Å²) in [4.78, 5) is 41.5. The van der Waals surface area contributed by atoms with Gasteiger partial charge in [-0.2, -0.15) is 0 Å². The molecule has 2 aromatic rings. The van der Waals surface area contributed by atoms with Crippen LogP contribution in [0.5, 0.6) is 0 Å². The second-order valence-electron chi connectivity index (χ2n) is 10.3. The quantitative estimate of drug-likeness (QED) is 0.462. The smallest absolute Gasteiger partial charge is 0.407 e. The lowest BCUT2D eigenvalue weighted by atomic mass is 10.1. The van der Waals surface area contributed by atoms with Crippen LogP contribution in [0.1, 0.15) is 25.3 Å². The number of ether oxygens (including phenoxy) is 1. The van der Waals surface area contributed by atoms with Crippen molar-refractivity contribution >= 4 is 42.7 Å². The van der Waals surface area contributed by atoms with Crippen molar-refractivity contribution in [3.05, 3.63) is 30.5 Å². The predicted molar refractivity (Wildman–Crippen MR) is 133 cm³/mol. The molecule has 4 amide bonds. The number of rotatable bonds is 7. The summed E-state index contributed by atoms with van der Waals surface area (Å²) in [6, 6.07) is 8.43. The normalized spacial score (nSPS) is 19.9. The van der Waals surface area contributed by atoms with Gasteiger partial charge in [0.1, 0.15) is 6.73 Å². The van der Waals surface area contributed by atoms with E-state index in [1.54, 1.807) is 4.90 Å². The number of hydrogen-bond acceptors (Lipinski definition) is 4. The molecule has 2 aliphatic heterocycles. The Hall–Kier alpha value is -2.85. The minimum atomic E-state index is -1.26. The summed E-state index contributed by atoms with van der Waals surface area (Å²) >= 11 is 0. The van der Waals surface area contributed by atoms with Crippen molar-refractivity contribution in [3.8, 4) is 0 Å². The van der Waals surface area contributed by atoms with E-state index >= 15 is 0 Å². The molecule has 0 unspecified atom stereocenters. The number of carbonyl (C=O) groups excluding carboxylic acids is 2. The minimum absolute atomic E-state index is 0.0251. The first-order chi connectivity index (χ1) is 16.2. The van der Waals surface area contributed by atoms with Crippen molar-refractivity contribution in [1.29, 1.82) is 0 Å². The van der Waals surface area contributed by atoms with Crippen molar-refractivity contribution in [2.75, 3.05) is 37.9 Å². The first kappa shape index (κ1) is 24.3. The minimum Gasteiger partial charge on any atom is -0.465 e. The second-order valence-corrected chi connectivity index (χ2v) is 15.9. The standard InChI is InChI=1S/C24H34N4O5Si/c1-34(2,3)15-14-33-17-28-22(29)10-13-27(23(28)30)21-8-4-7-20-19(21)9-12-26(20)18-6-5-11-25(16-18)24(31)32/h4,7-9,12,18H,5-6,10-11,13-17H2,1-3H3,(H,31,32)/t18-/m0/s1. The van der Waals surface area contributed by atoms with Crippen LogP contribution < -0.4 is 4.90 Å². The molecule has 184 valence electrons. The van der Waals surface area contributed by atoms with Gasteiger partial charge in [-0.1, -0.05) is 25.7 Å². The highest BCUT2D eigenvalue weighted by molar-refractivity contribution is 6.76. The predicted octanol–water partition coefficient (Wildman–Crippen LogP) is 4.43. The first-order valence-electron chi connectivity index (χ1n) is 11.9. The van der Waals surface area contributed by atoms with E-state index in [4.69, 9.17) is 4.74 Å². The van der Waals surface area contributed by atoms with Crippen LogP contribution in [0.3, 0.4) is 0 Å². The van der Waals surface area contributed by atoms with Crippen molar-refractivity contribution in [2.45, 2.75) is 51.0 Å². The number of carbonyl (C=O) groups is 3. The molecule has 0 radical (unpaired) electrons. The number of imide groups is 1. The van der Waals surface area contributed by atoms with Crippen LogP contribution in [-0.4, -0.2) is 78.6 Å². The molecule has 3 heterocycles. The van der Waals surface area contributed by atoms with E-state index in [0.717, 1.165) is 35.5 Å². The van der Waals surface area contributed by atoms with Crippen molar-refractivity contribution < 1.29 is 24.2 Å². The van der Waals surface area contributed by atoms with E-state index in [2.05, 4.69) is 24.2 Å². The lowest BCUT2D eigenvalue weighted by molar-refractivity contribution is -0.133. The van der Waals surface area contributed by atoms with E-state index < -0.39 is 14.2 Å². The molecule has 0 bridgehead atoms. The van der Waals surface area contributed by atoms with Gasteiger partial charge in [-0.3, -0.25) is 9.69 Å². The van der Waals surface area contributed by atoms with Crippen LogP contribution in [0.15, 0.2) is 30.5 Å². The Morgan fingerprint density at radius 2 is 1.97 bits per heavy atom.